The summed E-state index contributed by atoms with van der Waals surface area (Å²) in [5, 5.41) is 3.16. The van der Waals surface area contributed by atoms with Crippen molar-refractivity contribution in [1.29, 1.82) is 0 Å². The van der Waals surface area contributed by atoms with E-state index >= 15 is 0 Å². The number of amides is 1. The van der Waals surface area contributed by atoms with Crippen LogP contribution in [-0.4, -0.2) is 52.1 Å². The molecule has 0 fully saturated rings. The van der Waals surface area contributed by atoms with Crippen molar-refractivity contribution in [2.24, 2.45) is 5.84 Å². The average Bonchev–Trinajstić information content (AvgIpc) is 3.35. The van der Waals surface area contributed by atoms with Crippen LogP contribution >= 0.6 is 0 Å². The highest BCUT2D eigenvalue weighted by Crippen LogP contribution is 2.33. The maximum absolute atomic E-state index is 14.0. The van der Waals surface area contributed by atoms with Crippen molar-refractivity contribution in [3.05, 3.63) is 77.2 Å². The van der Waals surface area contributed by atoms with Gasteiger partial charge in [0, 0.05) is 18.4 Å². The fourth-order valence-corrected chi connectivity index (χ4v) is 3.90. The summed E-state index contributed by atoms with van der Waals surface area (Å²) < 4.78 is 46.2. The van der Waals surface area contributed by atoms with Crippen molar-refractivity contribution in [1.82, 2.24) is 25.9 Å². The quantitative estimate of drug-likeness (QED) is 0.175. The molecule has 2 aromatic carbocycles. The molecule has 200 valence electrons. The number of para-hydroxylation sites is 1. The summed E-state index contributed by atoms with van der Waals surface area (Å²) in [6.45, 7) is 1.31. The summed E-state index contributed by atoms with van der Waals surface area (Å²) in [6.07, 6.45) is 1.86. The number of anilines is 3. The number of ether oxygens (including phenoxy) is 1. The van der Waals surface area contributed by atoms with E-state index < -0.39 is 36.2 Å². The van der Waals surface area contributed by atoms with Crippen molar-refractivity contribution >= 4 is 29.3 Å². The predicted molar refractivity (Wildman–Crippen MR) is 131 cm³/mol. The van der Waals surface area contributed by atoms with Crippen LogP contribution < -0.4 is 21.2 Å². The summed E-state index contributed by atoms with van der Waals surface area (Å²) in [6, 6.07) is 12.5. The van der Waals surface area contributed by atoms with Crippen LogP contribution in [0.1, 0.15) is 28.4 Å². The molecule has 14 heteroatoms. The zero-order valence-corrected chi connectivity index (χ0v) is 20.4. The van der Waals surface area contributed by atoms with E-state index in [9.17, 15) is 22.9 Å². The van der Waals surface area contributed by atoms with Crippen molar-refractivity contribution in [2.45, 2.75) is 19.9 Å². The van der Waals surface area contributed by atoms with Gasteiger partial charge in [0.05, 0.1) is 13.2 Å². The van der Waals surface area contributed by atoms with E-state index in [2.05, 4.69) is 15.3 Å². The Morgan fingerprint density at radius 3 is 2.61 bits per heavy atom. The average molecular weight is 531 g/mol. The summed E-state index contributed by atoms with van der Waals surface area (Å²) in [5.41, 5.74) is 0.644. The molecule has 0 radical (unpaired) electrons. The van der Waals surface area contributed by atoms with E-state index in [0.29, 0.717) is 28.8 Å². The molecule has 0 saturated carbocycles. The first-order chi connectivity index (χ1) is 18.3. The minimum atomic E-state index is -1.28. The molecule has 0 saturated heterocycles. The van der Waals surface area contributed by atoms with Crippen molar-refractivity contribution in [2.75, 3.05) is 29.7 Å². The molecular formula is C24H25F3N8O3. The number of esters is 1. The van der Waals surface area contributed by atoms with Crippen LogP contribution in [0.4, 0.5) is 30.8 Å². The van der Waals surface area contributed by atoms with Gasteiger partial charge in [-0.15, -0.1) is 0 Å². The fourth-order valence-electron chi connectivity index (χ4n) is 3.90. The van der Waals surface area contributed by atoms with Crippen molar-refractivity contribution in [3.8, 4) is 0 Å². The summed E-state index contributed by atoms with van der Waals surface area (Å²) in [5.74, 6) is 3.83. The minimum Gasteiger partial charge on any atom is -0.465 e. The van der Waals surface area contributed by atoms with Crippen LogP contribution in [0.3, 0.4) is 0 Å². The Kier molecular flexibility index (Phi) is 8.35. The molecule has 1 aliphatic rings. The zero-order chi connectivity index (χ0) is 27.2. The minimum absolute atomic E-state index is 0.118. The van der Waals surface area contributed by atoms with Crippen LogP contribution in [0.5, 0.6) is 0 Å². The van der Waals surface area contributed by atoms with Crippen LogP contribution in [0, 0.1) is 5.82 Å². The Bertz CT molecular complexity index is 1300. The van der Waals surface area contributed by atoms with E-state index in [4.69, 9.17) is 10.6 Å². The van der Waals surface area contributed by atoms with Gasteiger partial charge in [-0.3, -0.25) is 9.59 Å². The third-order valence-electron chi connectivity index (χ3n) is 5.71. The third kappa shape index (κ3) is 5.99. The monoisotopic (exact) mass is 530 g/mol. The molecule has 3 aromatic rings. The number of halogens is 3. The SMILES string of the molecule is CCOC(=O)CNC(=O)c1cnc(N2CCc3ccccc32)nc1N(N)N(Cc1ccc(F)cc1)N(F)F. The zero-order valence-electron chi connectivity index (χ0n) is 20.4. The van der Waals surface area contributed by atoms with E-state index in [1.807, 2.05) is 24.3 Å². The molecule has 1 aliphatic heterocycles. The van der Waals surface area contributed by atoms with E-state index in [1.165, 1.54) is 12.1 Å². The number of hydrazine groups is 3. The van der Waals surface area contributed by atoms with Gasteiger partial charge in [0.1, 0.15) is 23.4 Å². The van der Waals surface area contributed by atoms with Gasteiger partial charge in [-0.25, -0.2) is 20.3 Å². The molecule has 2 heterocycles. The second-order valence-electron chi connectivity index (χ2n) is 8.14. The molecule has 0 atom stereocenters. The summed E-state index contributed by atoms with van der Waals surface area (Å²) >= 11 is 0. The molecule has 0 unspecified atom stereocenters. The largest absolute Gasteiger partial charge is 0.465 e. The van der Waals surface area contributed by atoms with Gasteiger partial charge in [-0.1, -0.05) is 44.4 Å². The third-order valence-corrected chi connectivity index (χ3v) is 5.71. The van der Waals surface area contributed by atoms with Gasteiger partial charge >= 0.3 is 5.97 Å². The molecule has 11 nitrogen and oxygen atoms in total. The van der Waals surface area contributed by atoms with Crippen LogP contribution in [0.2, 0.25) is 0 Å². The standard InChI is InChI=1S/C24H25F3N8O3/c1-2-38-21(36)14-29-23(37)19-13-30-24(32-12-11-17-5-3-4-6-20(17)32)31-22(19)34(28)33(35(26)27)15-16-7-9-18(25)10-8-16/h3-10,13H,2,11-12,14-15,28H2,1H3,(H,29,37). The van der Waals surface area contributed by atoms with Crippen LogP contribution in [0.15, 0.2) is 54.7 Å². The number of aromatic nitrogens is 2. The van der Waals surface area contributed by atoms with Crippen molar-refractivity contribution in [3.63, 3.8) is 0 Å². The molecule has 0 bridgehead atoms. The van der Waals surface area contributed by atoms with Gasteiger partial charge < -0.3 is 15.0 Å². The number of benzene rings is 2. The van der Waals surface area contributed by atoms with Gasteiger partial charge in [-0.05, 0) is 42.7 Å². The highest BCUT2D eigenvalue weighted by Gasteiger charge is 2.30. The van der Waals surface area contributed by atoms with E-state index in [-0.39, 0.29) is 23.9 Å². The Morgan fingerprint density at radius 1 is 1.16 bits per heavy atom. The molecule has 0 aliphatic carbocycles. The number of rotatable bonds is 10. The van der Waals surface area contributed by atoms with Gasteiger partial charge in [0.25, 0.3) is 5.91 Å². The maximum atomic E-state index is 14.0. The lowest BCUT2D eigenvalue weighted by molar-refractivity contribution is -0.310. The lowest BCUT2D eigenvalue weighted by Crippen LogP contribution is -2.52. The maximum Gasteiger partial charge on any atom is 0.325 e. The number of hydrogen-bond acceptors (Lipinski definition) is 10. The first-order valence-electron chi connectivity index (χ1n) is 11.6. The lowest BCUT2D eigenvalue weighted by atomic mass is 10.2. The van der Waals surface area contributed by atoms with E-state index in [1.54, 1.807) is 11.8 Å². The summed E-state index contributed by atoms with van der Waals surface area (Å²) in [7, 11) is 0. The normalized spacial score (nSPS) is 12.6. The Labute approximate surface area is 216 Å². The predicted octanol–water partition coefficient (Wildman–Crippen LogP) is 2.69. The molecule has 1 amide bonds. The molecule has 4 rings (SSSR count). The number of carbonyl (C=O) groups is 2. The molecule has 38 heavy (non-hydrogen) atoms. The van der Waals surface area contributed by atoms with Gasteiger partial charge in [0.2, 0.25) is 5.95 Å². The van der Waals surface area contributed by atoms with Crippen LogP contribution in [-0.2, 0) is 22.5 Å². The van der Waals surface area contributed by atoms with Gasteiger partial charge in [0.15, 0.2) is 5.82 Å². The highest BCUT2D eigenvalue weighted by molar-refractivity contribution is 6.00. The number of hydrogen-bond donors (Lipinski definition) is 2. The molecular weight excluding hydrogens is 505 g/mol. The lowest BCUT2D eigenvalue weighted by Gasteiger charge is -2.31. The second kappa shape index (κ2) is 11.9. The summed E-state index contributed by atoms with van der Waals surface area (Å²) in [4.78, 5) is 35.1. The molecule has 1 aromatic heterocycles. The number of fused-ring (bicyclic) bond motifs is 1. The highest BCUT2D eigenvalue weighted by atomic mass is 19.4. The Hall–Kier alpha value is -4.27. The Balaban J connectivity index is 1.69. The first-order valence-corrected chi connectivity index (χ1v) is 11.6. The molecule has 3 N–H and O–H groups in total. The number of nitrogens with zero attached hydrogens (tertiary/aromatic N) is 6. The number of nitrogens with one attached hydrogen (secondary N) is 1. The second-order valence-corrected chi connectivity index (χ2v) is 8.14. The van der Waals surface area contributed by atoms with Crippen molar-refractivity contribution < 1.29 is 27.7 Å². The smallest absolute Gasteiger partial charge is 0.325 e. The fraction of sp³-hybridized carbons (Fsp3) is 0.250. The van der Waals surface area contributed by atoms with Crippen LogP contribution in [0.25, 0.3) is 0 Å². The topological polar surface area (TPSA) is 120 Å². The number of nitrogens with two attached hydrogens (primary N) is 1. The molecule has 0 spiro atoms. The van der Waals surface area contributed by atoms with Gasteiger partial charge in [-0.2, -0.15) is 4.98 Å². The van der Waals surface area contributed by atoms with E-state index in [0.717, 1.165) is 29.6 Å². The first kappa shape index (κ1) is 26.8. The Morgan fingerprint density at radius 2 is 1.89 bits per heavy atom. The number of carbonyl (C=O) groups excluding carboxylic acids is 2.